The molecule has 0 spiro atoms. The van der Waals surface area contributed by atoms with Crippen LogP contribution in [0, 0.1) is 10.1 Å². The lowest BCUT2D eigenvalue weighted by Gasteiger charge is -2.08. The molecule has 0 fully saturated rings. The van der Waals surface area contributed by atoms with Gasteiger partial charge in [0.2, 0.25) is 0 Å². The maximum atomic E-state index is 12.0. The van der Waals surface area contributed by atoms with Gasteiger partial charge in [-0.25, -0.2) is 0 Å². The molecule has 1 heterocycles. The molecule has 3 aromatic rings. The molecule has 7 heteroatoms. The molecule has 0 radical (unpaired) electrons. The SMILES string of the molecule is O=C(CCCNc1ccccc1[N+](=O)[O-])OCc1cccc2cccnc12. The number of hydrogen-bond donors (Lipinski definition) is 1. The van der Waals surface area contributed by atoms with Crippen LogP contribution in [0.3, 0.4) is 0 Å². The van der Waals surface area contributed by atoms with E-state index < -0.39 is 4.92 Å². The highest BCUT2D eigenvalue weighted by Gasteiger charge is 2.12. The predicted molar refractivity (Wildman–Crippen MR) is 102 cm³/mol. The van der Waals surface area contributed by atoms with Gasteiger partial charge in [0.05, 0.1) is 10.4 Å². The third kappa shape index (κ3) is 4.78. The van der Waals surface area contributed by atoms with Crippen molar-refractivity contribution in [2.24, 2.45) is 0 Å². The second-order valence-corrected chi connectivity index (χ2v) is 5.96. The molecule has 0 unspecified atom stereocenters. The highest BCUT2D eigenvalue weighted by atomic mass is 16.6. The summed E-state index contributed by atoms with van der Waals surface area (Å²) < 4.78 is 5.34. The molecule has 0 aliphatic carbocycles. The average molecular weight is 365 g/mol. The molecule has 0 saturated heterocycles. The molecule has 0 aliphatic rings. The largest absolute Gasteiger partial charge is 0.461 e. The van der Waals surface area contributed by atoms with Crippen LogP contribution < -0.4 is 5.32 Å². The molecule has 1 N–H and O–H groups in total. The molecule has 27 heavy (non-hydrogen) atoms. The summed E-state index contributed by atoms with van der Waals surface area (Å²) in [4.78, 5) is 26.8. The molecule has 0 aliphatic heterocycles. The van der Waals surface area contributed by atoms with Gasteiger partial charge >= 0.3 is 5.97 Å². The van der Waals surface area contributed by atoms with Gasteiger partial charge in [0.25, 0.3) is 5.69 Å². The van der Waals surface area contributed by atoms with E-state index in [1.165, 1.54) is 6.07 Å². The summed E-state index contributed by atoms with van der Waals surface area (Å²) in [5.41, 5.74) is 2.14. The summed E-state index contributed by atoms with van der Waals surface area (Å²) in [6.45, 7) is 0.612. The number of nitrogens with one attached hydrogen (secondary N) is 1. The van der Waals surface area contributed by atoms with Gasteiger partial charge in [0.15, 0.2) is 0 Å². The Morgan fingerprint density at radius 1 is 1.11 bits per heavy atom. The topological polar surface area (TPSA) is 94.4 Å². The van der Waals surface area contributed by atoms with Crippen molar-refractivity contribution in [2.75, 3.05) is 11.9 Å². The Kier molecular flexibility index (Phi) is 5.94. The van der Waals surface area contributed by atoms with Gasteiger partial charge in [-0.15, -0.1) is 0 Å². The van der Waals surface area contributed by atoms with E-state index in [9.17, 15) is 14.9 Å². The van der Waals surface area contributed by atoms with E-state index in [1.54, 1.807) is 24.4 Å². The average Bonchev–Trinajstić information content (AvgIpc) is 2.69. The number of rotatable bonds is 8. The summed E-state index contributed by atoms with van der Waals surface area (Å²) in [5, 5.41) is 15.0. The van der Waals surface area contributed by atoms with Crippen molar-refractivity contribution in [3.63, 3.8) is 0 Å². The lowest BCUT2D eigenvalue weighted by Crippen LogP contribution is -2.09. The number of nitro benzene ring substituents is 1. The summed E-state index contributed by atoms with van der Waals surface area (Å²) in [6, 6.07) is 16.0. The molecule has 0 atom stereocenters. The fourth-order valence-corrected chi connectivity index (χ4v) is 2.75. The number of anilines is 1. The molecule has 1 aromatic heterocycles. The van der Waals surface area contributed by atoms with Crippen molar-refractivity contribution in [3.05, 3.63) is 76.5 Å². The number of nitro groups is 1. The van der Waals surface area contributed by atoms with Crippen LogP contribution in [0.5, 0.6) is 0 Å². The smallest absolute Gasteiger partial charge is 0.306 e. The summed E-state index contributed by atoms with van der Waals surface area (Å²) in [7, 11) is 0. The van der Waals surface area contributed by atoms with E-state index >= 15 is 0 Å². The first kappa shape index (κ1) is 18.3. The van der Waals surface area contributed by atoms with Crippen LogP contribution in [0.1, 0.15) is 18.4 Å². The van der Waals surface area contributed by atoms with Crippen molar-refractivity contribution in [3.8, 4) is 0 Å². The first-order chi connectivity index (χ1) is 13.1. The number of carbonyl (C=O) groups excluding carboxylic acids is 1. The Labute approximate surface area is 156 Å². The number of fused-ring (bicyclic) bond motifs is 1. The summed E-state index contributed by atoms with van der Waals surface area (Å²) in [5.74, 6) is -0.313. The molecular weight excluding hydrogens is 346 g/mol. The monoisotopic (exact) mass is 365 g/mol. The van der Waals surface area contributed by atoms with Crippen LogP contribution in [0.2, 0.25) is 0 Å². The minimum atomic E-state index is -0.436. The number of ether oxygens (including phenoxy) is 1. The number of hydrogen-bond acceptors (Lipinski definition) is 6. The minimum absolute atomic E-state index is 0.0172. The van der Waals surface area contributed by atoms with E-state index in [2.05, 4.69) is 10.3 Å². The molecule has 3 rings (SSSR count). The van der Waals surface area contributed by atoms with Gasteiger partial charge < -0.3 is 10.1 Å². The van der Waals surface area contributed by atoms with Gasteiger partial charge in [-0.3, -0.25) is 19.9 Å². The Morgan fingerprint density at radius 3 is 2.78 bits per heavy atom. The molecule has 0 saturated carbocycles. The maximum Gasteiger partial charge on any atom is 0.306 e. The molecule has 2 aromatic carbocycles. The van der Waals surface area contributed by atoms with Gasteiger partial charge in [0.1, 0.15) is 12.3 Å². The van der Waals surface area contributed by atoms with Crippen LogP contribution >= 0.6 is 0 Å². The zero-order valence-corrected chi connectivity index (χ0v) is 14.6. The Balaban J connectivity index is 1.46. The van der Waals surface area contributed by atoms with Crippen LogP contribution in [0.15, 0.2) is 60.8 Å². The fourth-order valence-electron chi connectivity index (χ4n) is 2.75. The number of benzene rings is 2. The number of pyridine rings is 1. The van der Waals surface area contributed by atoms with Gasteiger partial charge in [-0.1, -0.05) is 36.4 Å². The van der Waals surface area contributed by atoms with Gasteiger partial charge in [0, 0.05) is 36.2 Å². The van der Waals surface area contributed by atoms with Crippen molar-refractivity contribution in [1.29, 1.82) is 0 Å². The molecule has 0 amide bonds. The third-order valence-electron chi connectivity index (χ3n) is 4.08. The number of esters is 1. The van der Waals surface area contributed by atoms with Gasteiger partial charge in [-0.05, 0) is 18.6 Å². The molecule has 7 nitrogen and oxygen atoms in total. The van der Waals surface area contributed by atoms with Crippen LogP contribution in [-0.4, -0.2) is 22.4 Å². The number of carbonyl (C=O) groups is 1. The van der Waals surface area contributed by atoms with Crippen molar-refractivity contribution in [1.82, 2.24) is 4.98 Å². The molecular formula is C20H19N3O4. The fraction of sp³-hybridized carbons (Fsp3) is 0.200. The Morgan fingerprint density at radius 2 is 1.93 bits per heavy atom. The standard InChI is InChI=1S/C20H19N3O4/c24-19(11-5-12-21-17-9-1-2-10-18(17)23(25)26)27-14-16-7-3-6-15-8-4-13-22-20(15)16/h1-4,6-10,13,21H,5,11-12,14H2. The van der Waals surface area contributed by atoms with E-state index in [1.807, 2.05) is 30.3 Å². The number of para-hydroxylation sites is 3. The number of nitrogens with zero attached hydrogens (tertiary/aromatic N) is 2. The lowest BCUT2D eigenvalue weighted by molar-refractivity contribution is -0.384. The van der Waals surface area contributed by atoms with E-state index in [-0.39, 0.29) is 24.7 Å². The third-order valence-corrected chi connectivity index (χ3v) is 4.08. The minimum Gasteiger partial charge on any atom is -0.461 e. The van der Waals surface area contributed by atoms with Gasteiger partial charge in [-0.2, -0.15) is 0 Å². The van der Waals surface area contributed by atoms with E-state index in [0.717, 1.165) is 16.5 Å². The summed E-state index contributed by atoms with van der Waals surface area (Å²) >= 11 is 0. The quantitative estimate of drug-likeness (QED) is 0.280. The number of aromatic nitrogens is 1. The zero-order valence-electron chi connectivity index (χ0n) is 14.6. The van der Waals surface area contributed by atoms with Crippen molar-refractivity contribution < 1.29 is 14.5 Å². The lowest BCUT2D eigenvalue weighted by atomic mass is 10.1. The normalized spacial score (nSPS) is 10.5. The van der Waals surface area contributed by atoms with Crippen LogP contribution in [0.4, 0.5) is 11.4 Å². The van der Waals surface area contributed by atoms with E-state index in [0.29, 0.717) is 18.7 Å². The second kappa shape index (κ2) is 8.75. The van der Waals surface area contributed by atoms with Crippen molar-refractivity contribution in [2.45, 2.75) is 19.4 Å². The molecule has 0 bridgehead atoms. The summed E-state index contributed by atoms with van der Waals surface area (Å²) in [6.07, 6.45) is 2.45. The van der Waals surface area contributed by atoms with Crippen LogP contribution in [0.25, 0.3) is 10.9 Å². The first-order valence-electron chi connectivity index (χ1n) is 8.60. The predicted octanol–water partition coefficient (Wildman–Crippen LogP) is 4.08. The van der Waals surface area contributed by atoms with Crippen molar-refractivity contribution >= 4 is 28.2 Å². The Hall–Kier alpha value is -3.48. The van der Waals surface area contributed by atoms with Crippen LogP contribution in [-0.2, 0) is 16.1 Å². The Bertz CT molecular complexity index is 953. The molecule has 138 valence electrons. The zero-order chi connectivity index (χ0) is 19.1. The second-order valence-electron chi connectivity index (χ2n) is 5.96. The maximum absolute atomic E-state index is 12.0. The highest BCUT2D eigenvalue weighted by Crippen LogP contribution is 2.23. The van der Waals surface area contributed by atoms with E-state index in [4.69, 9.17) is 4.74 Å². The first-order valence-corrected chi connectivity index (χ1v) is 8.60. The highest BCUT2D eigenvalue weighted by molar-refractivity contribution is 5.81.